The van der Waals surface area contributed by atoms with Gasteiger partial charge in [0, 0.05) is 31.5 Å². The molecule has 1 fully saturated rings. The minimum Gasteiger partial charge on any atom is -0.486 e. The van der Waals surface area contributed by atoms with Gasteiger partial charge in [-0.15, -0.1) is 0 Å². The van der Waals surface area contributed by atoms with Crippen LogP contribution in [0.25, 0.3) is 0 Å². The standard InChI is InChI=1S/C20H23N3O7S/c1-22-12-14(11-16(22)20(25)28-2)31(26,27)23-7-3-4-15(23)19(24)21-13-5-6-17-18(10-13)30-9-8-29-17/h5-6,10-12,15H,3-4,7-9H2,1-2H3,(H,21,24). The lowest BCUT2D eigenvalue weighted by Crippen LogP contribution is -2.43. The minimum absolute atomic E-state index is 0.0607. The Morgan fingerprint density at radius 2 is 1.90 bits per heavy atom. The van der Waals surface area contributed by atoms with E-state index in [2.05, 4.69) is 10.1 Å². The Bertz CT molecular complexity index is 1130. The largest absolute Gasteiger partial charge is 0.486 e. The molecule has 1 amide bonds. The molecule has 4 rings (SSSR count). The van der Waals surface area contributed by atoms with Crippen LogP contribution in [0, 0.1) is 0 Å². The van der Waals surface area contributed by atoms with E-state index in [0.717, 1.165) is 0 Å². The maximum Gasteiger partial charge on any atom is 0.354 e. The molecule has 3 heterocycles. The van der Waals surface area contributed by atoms with E-state index in [1.54, 1.807) is 25.2 Å². The molecule has 0 spiro atoms. The maximum absolute atomic E-state index is 13.2. The van der Waals surface area contributed by atoms with Gasteiger partial charge in [-0.25, -0.2) is 13.2 Å². The molecule has 0 aliphatic carbocycles. The summed E-state index contributed by atoms with van der Waals surface area (Å²) >= 11 is 0. The number of anilines is 1. The van der Waals surface area contributed by atoms with Gasteiger partial charge >= 0.3 is 5.97 Å². The highest BCUT2D eigenvalue weighted by atomic mass is 32.2. The molecule has 10 nitrogen and oxygen atoms in total. The van der Waals surface area contributed by atoms with E-state index in [0.29, 0.717) is 43.2 Å². The molecule has 2 aliphatic heterocycles. The first kappa shape index (κ1) is 21.2. The van der Waals surface area contributed by atoms with E-state index >= 15 is 0 Å². The number of ether oxygens (including phenoxy) is 3. The normalized spacial score (nSPS) is 18.6. The van der Waals surface area contributed by atoms with Crippen LogP contribution in [-0.2, 0) is 26.6 Å². The van der Waals surface area contributed by atoms with Gasteiger partial charge in [-0.3, -0.25) is 4.79 Å². The van der Waals surface area contributed by atoms with Crippen molar-refractivity contribution in [1.82, 2.24) is 8.87 Å². The van der Waals surface area contributed by atoms with E-state index in [-0.39, 0.29) is 17.1 Å². The van der Waals surface area contributed by atoms with E-state index in [1.807, 2.05) is 0 Å². The summed E-state index contributed by atoms with van der Waals surface area (Å²) in [5.74, 6) is 0.0551. The summed E-state index contributed by atoms with van der Waals surface area (Å²) in [5.41, 5.74) is 0.601. The number of rotatable bonds is 5. The first-order valence-electron chi connectivity index (χ1n) is 9.78. The average Bonchev–Trinajstić information content (AvgIpc) is 3.41. The summed E-state index contributed by atoms with van der Waals surface area (Å²) in [4.78, 5) is 24.7. The lowest BCUT2D eigenvalue weighted by molar-refractivity contribution is -0.119. The lowest BCUT2D eigenvalue weighted by Gasteiger charge is -2.23. The molecular weight excluding hydrogens is 426 g/mol. The van der Waals surface area contributed by atoms with Crippen molar-refractivity contribution in [3.63, 3.8) is 0 Å². The van der Waals surface area contributed by atoms with E-state index in [1.165, 1.54) is 28.2 Å². The number of benzene rings is 1. The zero-order valence-corrected chi connectivity index (χ0v) is 18.0. The van der Waals surface area contributed by atoms with Gasteiger partial charge in [0.05, 0.1) is 7.11 Å². The monoisotopic (exact) mass is 449 g/mol. The van der Waals surface area contributed by atoms with Crippen molar-refractivity contribution in [2.24, 2.45) is 7.05 Å². The van der Waals surface area contributed by atoms with Crippen molar-refractivity contribution in [2.75, 3.05) is 32.2 Å². The van der Waals surface area contributed by atoms with Crippen LogP contribution in [0.2, 0.25) is 0 Å². The Morgan fingerprint density at radius 3 is 2.65 bits per heavy atom. The van der Waals surface area contributed by atoms with Crippen LogP contribution in [0.5, 0.6) is 11.5 Å². The van der Waals surface area contributed by atoms with Crippen molar-refractivity contribution in [2.45, 2.75) is 23.8 Å². The molecule has 11 heteroatoms. The summed E-state index contributed by atoms with van der Waals surface area (Å²) in [7, 11) is -1.20. The molecule has 31 heavy (non-hydrogen) atoms. The number of nitrogens with zero attached hydrogens (tertiary/aromatic N) is 2. The molecule has 1 unspecified atom stereocenters. The average molecular weight is 449 g/mol. The van der Waals surface area contributed by atoms with Crippen LogP contribution >= 0.6 is 0 Å². The van der Waals surface area contributed by atoms with Gasteiger partial charge in [0.25, 0.3) is 0 Å². The fourth-order valence-corrected chi connectivity index (χ4v) is 5.48. The van der Waals surface area contributed by atoms with Crippen molar-refractivity contribution in [3.8, 4) is 11.5 Å². The Labute approximate surface area is 179 Å². The summed E-state index contributed by atoms with van der Waals surface area (Å²) in [5, 5.41) is 2.77. The van der Waals surface area contributed by atoms with Crippen LogP contribution in [0.1, 0.15) is 23.3 Å². The summed E-state index contributed by atoms with van der Waals surface area (Å²) in [6.45, 7) is 1.10. The number of hydrogen-bond acceptors (Lipinski definition) is 7. The Balaban J connectivity index is 1.54. The molecule has 1 atom stereocenters. The molecule has 1 aromatic heterocycles. The Hall–Kier alpha value is -3.05. The van der Waals surface area contributed by atoms with Crippen molar-refractivity contribution in [1.29, 1.82) is 0 Å². The van der Waals surface area contributed by atoms with E-state index in [4.69, 9.17) is 9.47 Å². The third kappa shape index (κ3) is 3.98. The summed E-state index contributed by atoms with van der Waals surface area (Å²) in [6.07, 6.45) is 2.29. The quantitative estimate of drug-likeness (QED) is 0.686. The molecule has 0 bridgehead atoms. The third-order valence-electron chi connectivity index (χ3n) is 5.30. The number of methoxy groups -OCH3 is 1. The van der Waals surface area contributed by atoms with Gasteiger partial charge in [-0.05, 0) is 31.0 Å². The second kappa shape index (κ2) is 8.23. The third-order valence-corrected chi connectivity index (χ3v) is 7.17. The molecule has 166 valence electrons. The lowest BCUT2D eigenvalue weighted by atomic mass is 10.2. The van der Waals surface area contributed by atoms with Gasteiger partial charge in [0.2, 0.25) is 15.9 Å². The van der Waals surface area contributed by atoms with Gasteiger partial charge in [-0.2, -0.15) is 4.31 Å². The number of hydrogen-bond donors (Lipinski definition) is 1. The second-order valence-electron chi connectivity index (χ2n) is 7.29. The van der Waals surface area contributed by atoms with Crippen LogP contribution in [-0.4, -0.2) is 62.1 Å². The van der Waals surface area contributed by atoms with Gasteiger partial charge in [0.15, 0.2) is 11.5 Å². The molecule has 2 aromatic rings. The Kier molecular flexibility index (Phi) is 5.63. The highest BCUT2D eigenvalue weighted by molar-refractivity contribution is 7.89. The van der Waals surface area contributed by atoms with Crippen molar-refractivity contribution in [3.05, 3.63) is 36.2 Å². The minimum atomic E-state index is -3.98. The van der Waals surface area contributed by atoms with Gasteiger partial charge in [-0.1, -0.05) is 0 Å². The number of sulfonamides is 1. The molecule has 1 saturated heterocycles. The number of aromatic nitrogens is 1. The molecule has 0 saturated carbocycles. The van der Waals surface area contributed by atoms with E-state index < -0.39 is 27.9 Å². The highest BCUT2D eigenvalue weighted by Crippen LogP contribution is 2.33. The fraction of sp³-hybridized carbons (Fsp3) is 0.400. The zero-order chi connectivity index (χ0) is 22.2. The maximum atomic E-state index is 13.2. The molecule has 1 aromatic carbocycles. The number of fused-ring (bicyclic) bond motifs is 1. The smallest absolute Gasteiger partial charge is 0.354 e. The zero-order valence-electron chi connectivity index (χ0n) is 17.2. The van der Waals surface area contributed by atoms with Crippen LogP contribution in [0.3, 0.4) is 0 Å². The van der Waals surface area contributed by atoms with Gasteiger partial charge < -0.3 is 24.1 Å². The number of carbonyl (C=O) groups excluding carboxylic acids is 2. The van der Waals surface area contributed by atoms with Crippen LogP contribution in [0.15, 0.2) is 35.4 Å². The fourth-order valence-electron chi connectivity index (χ4n) is 3.75. The Morgan fingerprint density at radius 1 is 1.16 bits per heavy atom. The SMILES string of the molecule is COC(=O)c1cc(S(=O)(=O)N2CCCC2C(=O)Nc2ccc3c(c2)OCCO3)cn1C. The predicted molar refractivity (Wildman–Crippen MR) is 110 cm³/mol. The second-order valence-corrected chi connectivity index (χ2v) is 9.18. The van der Waals surface area contributed by atoms with E-state index in [9.17, 15) is 18.0 Å². The molecule has 2 aliphatic rings. The topological polar surface area (TPSA) is 116 Å². The molecule has 0 radical (unpaired) electrons. The highest BCUT2D eigenvalue weighted by Gasteiger charge is 2.40. The molecule has 1 N–H and O–H groups in total. The number of nitrogens with one attached hydrogen (secondary N) is 1. The number of aryl methyl sites for hydroxylation is 1. The number of esters is 1. The summed E-state index contributed by atoms with van der Waals surface area (Å²) < 4.78 is 44.7. The van der Waals surface area contributed by atoms with Crippen LogP contribution < -0.4 is 14.8 Å². The first-order chi connectivity index (χ1) is 14.8. The molecular formula is C20H23N3O7S. The summed E-state index contributed by atoms with van der Waals surface area (Å²) in [6, 6.07) is 5.43. The van der Waals surface area contributed by atoms with Crippen molar-refractivity contribution < 1.29 is 32.2 Å². The van der Waals surface area contributed by atoms with Crippen molar-refractivity contribution >= 4 is 27.6 Å². The number of amides is 1. The van der Waals surface area contributed by atoms with Crippen LogP contribution in [0.4, 0.5) is 5.69 Å². The number of carbonyl (C=O) groups is 2. The first-order valence-corrected chi connectivity index (χ1v) is 11.2. The predicted octanol–water partition coefficient (Wildman–Crippen LogP) is 1.37. The van der Waals surface area contributed by atoms with Gasteiger partial charge in [0.1, 0.15) is 29.8 Å².